The molecule has 0 amide bonds. The van der Waals surface area contributed by atoms with Gasteiger partial charge in [0.05, 0.1) is 44.5 Å². The summed E-state index contributed by atoms with van der Waals surface area (Å²) in [6.07, 6.45) is 0. The molecule has 0 bridgehead atoms. The molecule has 26 heavy (non-hydrogen) atoms. The standard InChI is InChI=1S/C15H28FN5O4S/c1-2-17-3-7-24-9-10-25-8-4-21-15(16)14(18-19-21)13-20-5-11-26(22,23)12-6-20/h17H,2-13H2,1H3. The SMILES string of the molecule is CCNCCOCCOCCn1nnc(CN2CCS(=O)(=O)CC2)c1F. The van der Waals surface area contributed by atoms with Crippen molar-refractivity contribution in [1.82, 2.24) is 25.2 Å². The smallest absolute Gasteiger partial charge is 0.236 e. The highest BCUT2D eigenvalue weighted by Crippen LogP contribution is 2.10. The van der Waals surface area contributed by atoms with Crippen LogP contribution >= 0.6 is 0 Å². The molecule has 1 aromatic heterocycles. The third-order valence-corrected chi connectivity index (χ3v) is 5.65. The van der Waals surface area contributed by atoms with Gasteiger partial charge in [-0.1, -0.05) is 12.1 Å². The fourth-order valence-electron chi connectivity index (χ4n) is 2.49. The van der Waals surface area contributed by atoms with Crippen LogP contribution in [0.3, 0.4) is 0 Å². The van der Waals surface area contributed by atoms with Gasteiger partial charge in [-0.25, -0.2) is 13.1 Å². The number of aromatic nitrogens is 3. The van der Waals surface area contributed by atoms with Crippen LogP contribution in [0.5, 0.6) is 0 Å². The highest BCUT2D eigenvalue weighted by molar-refractivity contribution is 7.91. The molecule has 1 fully saturated rings. The van der Waals surface area contributed by atoms with Gasteiger partial charge in [-0.15, -0.1) is 5.10 Å². The van der Waals surface area contributed by atoms with Gasteiger partial charge in [0.25, 0.3) is 0 Å². The first-order valence-electron chi connectivity index (χ1n) is 8.88. The van der Waals surface area contributed by atoms with E-state index in [-0.39, 0.29) is 30.3 Å². The van der Waals surface area contributed by atoms with Crippen LogP contribution in [0.1, 0.15) is 12.6 Å². The Kier molecular flexibility index (Phi) is 8.85. The summed E-state index contributed by atoms with van der Waals surface area (Å²) in [5.74, 6) is -0.288. The largest absolute Gasteiger partial charge is 0.378 e. The molecular weight excluding hydrogens is 365 g/mol. The molecule has 11 heteroatoms. The summed E-state index contributed by atoms with van der Waals surface area (Å²) >= 11 is 0. The molecule has 1 N–H and O–H groups in total. The highest BCUT2D eigenvalue weighted by atomic mass is 32.2. The fraction of sp³-hybridized carbons (Fsp3) is 0.867. The molecule has 1 aromatic rings. The van der Waals surface area contributed by atoms with Crippen molar-refractivity contribution >= 4 is 9.84 Å². The topological polar surface area (TPSA) is 98.6 Å². The summed E-state index contributed by atoms with van der Waals surface area (Å²) in [5, 5.41) is 10.8. The normalized spacial score (nSPS) is 17.6. The molecule has 9 nitrogen and oxygen atoms in total. The van der Waals surface area contributed by atoms with E-state index >= 15 is 0 Å². The summed E-state index contributed by atoms with van der Waals surface area (Å²) in [6, 6.07) is 0. The van der Waals surface area contributed by atoms with Crippen LogP contribution in [-0.4, -0.2) is 92.4 Å². The molecule has 2 rings (SSSR count). The number of rotatable bonds is 12. The van der Waals surface area contributed by atoms with Crippen molar-refractivity contribution in [2.75, 3.05) is 64.1 Å². The van der Waals surface area contributed by atoms with E-state index < -0.39 is 15.8 Å². The molecule has 2 heterocycles. The minimum absolute atomic E-state index is 0.104. The van der Waals surface area contributed by atoms with Crippen LogP contribution < -0.4 is 5.32 Å². The summed E-state index contributed by atoms with van der Waals surface area (Å²) in [6.45, 7) is 6.98. The van der Waals surface area contributed by atoms with Gasteiger partial charge in [0.2, 0.25) is 5.95 Å². The predicted octanol–water partition coefficient (Wildman–Crippen LogP) is -0.710. The average Bonchev–Trinajstić information content (AvgIpc) is 2.95. The van der Waals surface area contributed by atoms with Crippen molar-refractivity contribution in [3.8, 4) is 0 Å². The van der Waals surface area contributed by atoms with Crippen LogP contribution in [0.2, 0.25) is 0 Å². The predicted molar refractivity (Wildman–Crippen MR) is 94.1 cm³/mol. The molecule has 150 valence electrons. The van der Waals surface area contributed by atoms with Crippen LogP contribution in [0.25, 0.3) is 0 Å². The Hall–Kier alpha value is -1.14. The molecule has 0 spiro atoms. The molecule has 1 saturated heterocycles. The number of sulfone groups is 1. The van der Waals surface area contributed by atoms with E-state index in [1.165, 1.54) is 4.68 Å². The quantitative estimate of drug-likeness (QED) is 0.465. The third-order valence-electron chi connectivity index (χ3n) is 4.04. The lowest BCUT2D eigenvalue weighted by Gasteiger charge is -2.25. The van der Waals surface area contributed by atoms with Gasteiger partial charge >= 0.3 is 0 Å². The van der Waals surface area contributed by atoms with Crippen molar-refractivity contribution in [2.45, 2.75) is 20.0 Å². The maximum absolute atomic E-state index is 14.3. The Morgan fingerprint density at radius 2 is 1.85 bits per heavy atom. The van der Waals surface area contributed by atoms with Crippen molar-refractivity contribution in [2.24, 2.45) is 0 Å². The molecule has 0 aromatic carbocycles. The second-order valence-corrected chi connectivity index (χ2v) is 8.36. The highest BCUT2D eigenvalue weighted by Gasteiger charge is 2.24. The lowest BCUT2D eigenvalue weighted by molar-refractivity contribution is 0.0441. The first-order valence-corrected chi connectivity index (χ1v) is 10.7. The minimum atomic E-state index is -2.95. The lowest BCUT2D eigenvalue weighted by Crippen LogP contribution is -2.39. The number of ether oxygens (including phenoxy) is 2. The third kappa shape index (κ3) is 7.23. The zero-order valence-corrected chi connectivity index (χ0v) is 16.0. The number of halogens is 1. The Balaban J connectivity index is 1.62. The van der Waals surface area contributed by atoms with E-state index in [0.717, 1.165) is 13.1 Å². The molecule has 0 atom stereocenters. The first kappa shape index (κ1) is 21.2. The minimum Gasteiger partial charge on any atom is -0.378 e. The Morgan fingerprint density at radius 3 is 2.54 bits per heavy atom. The zero-order chi connectivity index (χ0) is 18.8. The van der Waals surface area contributed by atoms with Gasteiger partial charge in [0.1, 0.15) is 5.69 Å². The summed E-state index contributed by atoms with van der Waals surface area (Å²) in [7, 11) is -2.95. The summed E-state index contributed by atoms with van der Waals surface area (Å²) in [4.78, 5) is 1.87. The molecule has 0 saturated carbocycles. The van der Waals surface area contributed by atoms with Crippen molar-refractivity contribution in [3.05, 3.63) is 11.6 Å². The van der Waals surface area contributed by atoms with Gasteiger partial charge in [0.15, 0.2) is 9.84 Å². The van der Waals surface area contributed by atoms with Crippen molar-refractivity contribution in [1.29, 1.82) is 0 Å². The lowest BCUT2D eigenvalue weighted by atomic mass is 10.4. The van der Waals surface area contributed by atoms with Crippen LogP contribution in [-0.2, 0) is 32.4 Å². The molecule has 0 radical (unpaired) electrons. The second kappa shape index (κ2) is 10.9. The first-order chi connectivity index (χ1) is 12.5. The van der Waals surface area contributed by atoms with Gasteiger partial charge < -0.3 is 14.8 Å². The Morgan fingerprint density at radius 1 is 1.15 bits per heavy atom. The Labute approximate surface area is 153 Å². The molecule has 0 aliphatic carbocycles. The fourth-order valence-corrected chi connectivity index (χ4v) is 3.77. The van der Waals surface area contributed by atoms with Gasteiger partial charge in [0, 0.05) is 26.2 Å². The monoisotopic (exact) mass is 393 g/mol. The molecule has 1 aliphatic rings. The average molecular weight is 393 g/mol. The van der Waals surface area contributed by atoms with Crippen molar-refractivity contribution in [3.63, 3.8) is 0 Å². The van der Waals surface area contributed by atoms with E-state index in [1.807, 2.05) is 11.8 Å². The summed E-state index contributed by atoms with van der Waals surface area (Å²) < 4.78 is 49.1. The van der Waals surface area contributed by atoms with Crippen LogP contribution in [0.15, 0.2) is 0 Å². The van der Waals surface area contributed by atoms with E-state index in [4.69, 9.17) is 9.47 Å². The Bertz CT molecular complexity index is 626. The van der Waals surface area contributed by atoms with E-state index in [0.29, 0.717) is 39.5 Å². The maximum atomic E-state index is 14.3. The number of hydrogen-bond donors (Lipinski definition) is 1. The van der Waals surface area contributed by atoms with Crippen molar-refractivity contribution < 1.29 is 22.3 Å². The van der Waals surface area contributed by atoms with Crippen LogP contribution in [0, 0.1) is 5.95 Å². The van der Waals surface area contributed by atoms with Crippen LogP contribution in [0.4, 0.5) is 4.39 Å². The van der Waals surface area contributed by atoms with E-state index in [1.54, 1.807) is 0 Å². The zero-order valence-electron chi connectivity index (χ0n) is 15.2. The molecule has 1 aliphatic heterocycles. The van der Waals surface area contributed by atoms with E-state index in [9.17, 15) is 12.8 Å². The second-order valence-electron chi connectivity index (χ2n) is 6.06. The maximum Gasteiger partial charge on any atom is 0.236 e. The van der Waals surface area contributed by atoms with Gasteiger partial charge in [-0.2, -0.15) is 4.39 Å². The number of likely N-dealkylation sites (N-methyl/N-ethyl adjacent to an activating group) is 1. The van der Waals surface area contributed by atoms with Gasteiger partial charge in [-0.05, 0) is 6.54 Å². The number of nitrogens with zero attached hydrogens (tertiary/aromatic N) is 4. The van der Waals surface area contributed by atoms with Gasteiger partial charge in [-0.3, -0.25) is 4.90 Å². The van der Waals surface area contributed by atoms with E-state index in [2.05, 4.69) is 15.6 Å². The molecule has 0 unspecified atom stereocenters. The number of hydrogen-bond acceptors (Lipinski definition) is 8. The molecular formula is C15H28FN5O4S. The summed E-state index contributed by atoms with van der Waals surface area (Å²) in [5.41, 5.74) is 0.232. The number of nitrogens with one attached hydrogen (secondary N) is 1.